The van der Waals surface area contributed by atoms with E-state index in [9.17, 15) is 13.2 Å². The molecule has 0 amide bonds. The number of carboxylic acids is 1. The molecule has 0 aromatic carbocycles. The van der Waals surface area contributed by atoms with Gasteiger partial charge in [0.05, 0.1) is 6.54 Å². The molecule has 0 saturated carbocycles. The Labute approximate surface area is 116 Å². The van der Waals surface area contributed by atoms with Crippen LogP contribution in [-0.2, 0) is 28.6 Å². The van der Waals surface area contributed by atoms with Gasteiger partial charge in [-0.25, -0.2) is 4.98 Å². The molecule has 112 valence electrons. The van der Waals surface area contributed by atoms with Gasteiger partial charge in [0.1, 0.15) is 12.4 Å². The number of aryl methyl sites for hydroxylation is 1. The van der Waals surface area contributed by atoms with E-state index in [1.54, 1.807) is 7.05 Å². The van der Waals surface area contributed by atoms with Crippen molar-refractivity contribution in [3.63, 3.8) is 0 Å². The first-order chi connectivity index (χ1) is 9.40. The smallest absolute Gasteiger partial charge is 0.322 e. The third kappa shape index (κ3) is 3.32. The lowest BCUT2D eigenvalue weighted by Gasteiger charge is -2.31. The van der Waals surface area contributed by atoms with Gasteiger partial charge in [-0.3, -0.25) is 9.48 Å². The van der Waals surface area contributed by atoms with Crippen molar-refractivity contribution >= 4 is 16.2 Å². The van der Waals surface area contributed by atoms with Gasteiger partial charge in [0, 0.05) is 13.6 Å². The van der Waals surface area contributed by atoms with E-state index >= 15 is 0 Å². The number of piperidine rings is 1. The quantitative estimate of drug-likeness (QED) is 0.727. The number of nitrogens with zero attached hydrogens (tertiary/aromatic N) is 4. The molecule has 0 radical (unpaired) electrons. The fourth-order valence-electron chi connectivity index (χ4n) is 2.14. The van der Waals surface area contributed by atoms with Gasteiger partial charge >= 0.3 is 5.97 Å². The monoisotopic (exact) mass is 303 g/mol. The van der Waals surface area contributed by atoms with E-state index in [1.807, 2.05) is 0 Å². The van der Waals surface area contributed by atoms with E-state index in [0.29, 0.717) is 25.1 Å². The van der Waals surface area contributed by atoms with Crippen LogP contribution in [0.15, 0.2) is 6.33 Å². The molecule has 2 rings (SSSR count). The zero-order valence-corrected chi connectivity index (χ0v) is 11.9. The third-order valence-electron chi connectivity index (χ3n) is 3.11. The van der Waals surface area contributed by atoms with E-state index in [0.717, 1.165) is 4.31 Å². The fraction of sp³-hybridized carbons (Fsp3) is 0.700. The molecule has 1 aliphatic heterocycles. The summed E-state index contributed by atoms with van der Waals surface area (Å²) in [5, 5.41) is 13.1. The summed E-state index contributed by atoms with van der Waals surface area (Å²) in [4.78, 5) is 15.0. The van der Waals surface area contributed by atoms with Crippen molar-refractivity contribution in [1.29, 1.82) is 0 Å². The summed E-state index contributed by atoms with van der Waals surface area (Å²) in [6.07, 6.45) is 3.17. The van der Waals surface area contributed by atoms with Crippen molar-refractivity contribution < 1.29 is 18.3 Å². The van der Waals surface area contributed by atoms with Crippen LogP contribution in [0.5, 0.6) is 0 Å². The van der Waals surface area contributed by atoms with Crippen molar-refractivity contribution in [2.45, 2.75) is 31.8 Å². The van der Waals surface area contributed by atoms with E-state index in [-0.39, 0.29) is 13.1 Å². The Hall–Kier alpha value is -1.52. The van der Waals surface area contributed by atoms with Crippen LogP contribution in [0.4, 0.5) is 0 Å². The van der Waals surface area contributed by atoms with Gasteiger partial charge in [0.2, 0.25) is 0 Å². The lowest BCUT2D eigenvalue weighted by molar-refractivity contribution is -0.142. The summed E-state index contributed by atoms with van der Waals surface area (Å²) in [5.74, 6) is -0.786. The molecule has 20 heavy (non-hydrogen) atoms. The molecular formula is C10H17N5O4S. The predicted octanol–water partition coefficient (Wildman–Crippen LogP) is -0.911. The summed E-state index contributed by atoms with van der Waals surface area (Å²) >= 11 is 0. The Bertz CT molecular complexity index is 584. The first-order valence-corrected chi connectivity index (χ1v) is 7.68. The molecule has 1 aromatic rings. The number of nitrogens with one attached hydrogen (secondary N) is 1. The second kappa shape index (κ2) is 5.85. The van der Waals surface area contributed by atoms with Gasteiger partial charge in [-0.1, -0.05) is 0 Å². The number of hydrogen-bond donors (Lipinski definition) is 2. The minimum Gasteiger partial charge on any atom is -0.480 e. The zero-order chi connectivity index (χ0) is 14.8. The van der Waals surface area contributed by atoms with Crippen LogP contribution in [0, 0.1) is 0 Å². The number of hydrogen-bond acceptors (Lipinski definition) is 5. The number of carbonyl (C=O) groups is 1. The molecule has 0 aliphatic carbocycles. The van der Waals surface area contributed by atoms with Crippen molar-refractivity contribution in [3.05, 3.63) is 12.2 Å². The average molecular weight is 303 g/mol. The maximum absolute atomic E-state index is 12.2. The van der Waals surface area contributed by atoms with Crippen molar-refractivity contribution in [2.24, 2.45) is 7.05 Å². The average Bonchev–Trinajstić information content (AvgIpc) is 2.82. The molecule has 2 heterocycles. The minimum atomic E-state index is -3.85. The second-order valence-electron chi connectivity index (χ2n) is 4.62. The summed E-state index contributed by atoms with van der Waals surface area (Å²) in [6.45, 7) is 0.147. The summed E-state index contributed by atoms with van der Waals surface area (Å²) in [5.41, 5.74) is 0. The Balaban J connectivity index is 2.06. The molecule has 9 nitrogen and oxygen atoms in total. The van der Waals surface area contributed by atoms with Gasteiger partial charge in [-0.05, 0) is 19.3 Å². The molecule has 0 bridgehead atoms. The largest absolute Gasteiger partial charge is 0.480 e. The molecule has 2 N–H and O–H groups in total. The molecular weight excluding hydrogens is 286 g/mol. The van der Waals surface area contributed by atoms with Crippen LogP contribution in [0.3, 0.4) is 0 Å². The molecule has 1 fully saturated rings. The van der Waals surface area contributed by atoms with Gasteiger partial charge in [0.25, 0.3) is 10.2 Å². The van der Waals surface area contributed by atoms with Crippen LogP contribution < -0.4 is 4.72 Å². The van der Waals surface area contributed by atoms with Crippen LogP contribution in [-0.4, -0.2) is 51.1 Å². The number of aromatic nitrogens is 3. The van der Waals surface area contributed by atoms with Gasteiger partial charge in [0.15, 0.2) is 5.82 Å². The highest BCUT2D eigenvalue weighted by molar-refractivity contribution is 7.87. The van der Waals surface area contributed by atoms with Crippen molar-refractivity contribution in [2.75, 3.05) is 6.54 Å². The predicted molar refractivity (Wildman–Crippen MR) is 68.7 cm³/mol. The highest BCUT2D eigenvalue weighted by Gasteiger charge is 2.36. The standard InChI is InChI=1S/C10H17N5O4S/c1-14-7-11-9(13-14)6-12-20(18,19)15-5-3-2-4-8(15)10(16)17/h7-8,12H,2-6H2,1H3,(H,16,17). The lowest BCUT2D eigenvalue weighted by Crippen LogP contribution is -2.52. The van der Waals surface area contributed by atoms with E-state index in [1.165, 1.54) is 11.0 Å². The van der Waals surface area contributed by atoms with E-state index in [4.69, 9.17) is 5.11 Å². The van der Waals surface area contributed by atoms with Gasteiger partial charge in [-0.15, -0.1) is 0 Å². The zero-order valence-electron chi connectivity index (χ0n) is 11.1. The topological polar surface area (TPSA) is 117 Å². The molecule has 0 spiro atoms. The molecule has 1 unspecified atom stereocenters. The van der Waals surface area contributed by atoms with Gasteiger partial charge in [-0.2, -0.15) is 22.5 Å². The Morgan fingerprint density at radius 1 is 1.55 bits per heavy atom. The maximum atomic E-state index is 12.2. The summed E-state index contributed by atoms with van der Waals surface area (Å²) in [7, 11) is -2.18. The number of carboxylic acid groups (broad SMARTS) is 1. The van der Waals surface area contributed by atoms with Crippen molar-refractivity contribution in [3.8, 4) is 0 Å². The maximum Gasteiger partial charge on any atom is 0.322 e. The fourth-order valence-corrected chi connectivity index (χ4v) is 3.52. The SMILES string of the molecule is Cn1cnc(CNS(=O)(=O)N2CCCCC2C(=O)O)n1. The Morgan fingerprint density at radius 2 is 2.30 bits per heavy atom. The second-order valence-corrected chi connectivity index (χ2v) is 6.33. The molecule has 1 aliphatic rings. The molecule has 1 atom stereocenters. The third-order valence-corrected chi connectivity index (χ3v) is 4.67. The van der Waals surface area contributed by atoms with E-state index < -0.39 is 22.2 Å². The first kappa shape index (κ1) is 14.9. The molecule has 1 aromatic heterocycles. The minimum absolute atomic E-state index is 0.0635. The van der Waals surface area contributed by atoms with Crippen LogP contribution in [0.25, 0.3) is 0 Å². The normalized spacial score (nSPS) is 20.9. The Morgan fingerprint density at radius 3 is 2.90 bits per heavy atom. The molecule has 1 saturated heterocycles. The van der Waals surface area contributed by atoms with E-state index in [2.05, 4.69) is 14.8 Å². The highest BCUT2D eigenvalue weighted by atomic mass is 32.2. The molecule has 10 heteroatoms. The van der Waals surface area contributed by atoms with Crippen LogP contribution in [0.2, 0.25) is 0 Å². The van der Waals surface area contributed by atoms with Crippen LogP contribution in [0.1, 0.15) is 25.1 Å². The van der Waals surface area contributed by atoms with Crippen LogP contribution >= 0.6 is 0 Å². The van der Waals surface area contributed by atoms with Crippen molar-refractivity contribution in [1.82, 2.24) is 23.8 Å². The number of aliphatic carboxylic acids is 1. The first-order valence-electron chi connectivity index (χ1n) is 6.24. The van der Waals surface area contributed by atoms with Gasteiger partial charge < -0.3 is 5.11 Å². The summed E-state index contributed by atoms with van der Waals surface area (Å²) < 4.78 is 29.1. The Kier molecular flexibility index (Phi) is 4.35. The summed E-state index contributed by atoms with van der Waals surface area (Å²) in [6, 6.07) is -1.00. The highest BCUT2D eigenvalue weighted by Crippen LogP contribution is 2.20. The number of rotatable bonds is 5. The lowest BCUT2D eigenvalue weighted by atomic mass is 10.1.